The number of hydrogen-bond donors (Lipinski definition) is 3. The molecule has 1 aromatic carbocycles. The van der Waals surface area contributed by atoms with Crippen molar-refractivity contribution >= 4 is 11.6 Å². The van der Waals surface area contributed by atoms with E-state index in [1.54, 1.807) is 12.1 Å². The topological polar surface area (TPSA) is 85.9 Å². The number of halogens is 1. The quantitative estimate of drug-likeness (QED) is 0.807. The van der Waals surface area contributed by atoms with Crippen molar-refractivity contribution in [3.8, 4) is 17.5 Å². The molecule has 2 aromatic rings. The Hall–Kier alpha value is -1.91. The second-order valence-corrected chi connectivity index (χ2v) is 5.86. The Bertz CT molecular complexity index is 704. The number of rotatable bonds is 3. The number of oxazole rings is 1. The summed E-state index contributed by atoms with van der Waals surface area (Å²) in [6.45, 7) is 4.07. The van der Waals surface area contributed by atoms with Crippen LogP contribution in [0.4, 0.5) is 0 Å². The molecule has 3 N–H and O–H groups in total. The van der Waals surface area contributed by atoms with Crippen LogP contribution < -0.4 is 16.4 Å². The van der Waals surface area contributed by atoms with Gasteiger partial charge in [-0.2, -0.15) is 10.8 Å². The fraction of sp³-hybridized carbons (Fsp3) is 0.333. The maximum atomic E-state index is 9.22. The predicted octanol–water partition coefficient (Wildman–Crippen LogP) is 2.66. The molecule has 3 rings (SSSR count). The highest BCUT2D eigenvalue weighted by Crippen LogP contribution is 2.32. The first-order valence-electron chi connectivity index (χ1n) is 7.02. The van der Waals surface area contributed by atoms with Crippen LogP contribution in [-0.4, -0.2) is 11.0 Å². The first-order valence-corrected chi connectivity index (χ1v) is 7.40. The molecular weight excluding hydrogens is 302 g/mol. The molecule has 0 aliphatic carbocycles. The number of hydrazine groups is 2. The molecule has 0 amide bonds. The van der Waals surface area contributed by atoms with Gasteiger partial charge in [0.25, 0.3) is 0 Å². The largest absolute Gasteiger partial charge is 0.441 e. The Kier molecular flexibility index (Phi) is 4.14. The summed E-state index contributed by atoms with van der Waals surface area (Å²) in [6.07, 6.45) is 0. The van der Waals surface area contributed by atoms with E-state index in [4.69, 9.17) is 16.0 Å². The number of hydrogen-bond acceptors (Lipinski definition) is 6. The molecule has 0 spiro atoms. The summed E-state index contributed by atoms with van der Waals surface area (Å²) in [6, 6.07) is 8.83. The summed E-state index contributed by atoms with van der Waals surface area (Å²) >= 11 is 5.91. The van der Waals surface area contributed by atoms with Crippen LogP contribution in [0, 0.1) is 11.3 Å². The van der Waals surface area contributed by atoms with Gasteiger partial charge in [0, 0.05) is 16.5 Å². The normalized spacial score (nSPS) is 21.2. The molecule has 6 nitrogen and oxygen atoms in total. The monoisotopic (exact) mass is 317 g/mol. The molecule has 0 radical (unpaired) electrons. The van der Waals surface area contributed by atoms with E-state index in [1.807, 2.05) is 26.0 Å². The number of benzene rings is 1. The van der Waals surface area contributed by atoms with Crippen LogP contribution in [0.15, 0.2) is 28.7 Å². The molecule has 7 heteroatoms. The van der Waals surface area contributed by atoms with Gasteiger partial charge in [-0.3, -0.25) is 0 Å². The summed E-state index contributed by atoms with van der Waals surface area (Å²) < 4.78 is 5.95. The lowest BCUT2D eigenvalue weighted by molar-refractivity contribution is 0.476. The van der Waals surface area contributed by atoms with Gasteiger partial charge in [-0.25, -0.2) is 15.8 Å². The van der Waals surface area contributed by atoms with Gasteiger partial charge in [-0.05, 0) is 24.3 Å². The third-order valence-corrected chi connectivity index (χ3v) is 3.77. The first kappa shape index (κ1) is 15.0. The first-order chi connectivity index (χ1) is 10.6. The minimum Gasteiger partial charge on any atom is -0.441 e. The number of nitrogens with zero attached hydrogens (tertiary/aromatic N) is 2. The Labute approximate surface area is 133 Å². The number of nitriles is 1. The van der Waals surface area contributed by atoms with E-state index in [9.17, 15) is 5.26 Å². The van der Waals surface area contributed by atoms with Gasteiger partial charge in [0.2, 0.25) is 5.89 Å². The van der Waals surface area contributed by atoms with Gasteiger partial charge in [-0.1, -0.05) is 25.4 Å². The molecule has 22 heavy (non-hydrogen) atoms. The fourth-order valence-corrected chi connectivity index (χ4v) is 2.52. The van der Waals surface area contributed by atoms with Gasteiger partial charge in [-0.15, -0.1) is 0 Å². The average molecular weight is 318 g/mol. The zero-order valence-corrected chi connectivity index (χ0v) is 13.0. The molecule has 1 aliphatic rings. The molecule has 1 saturated heterocycles. The number of nitrogens with one attached hydrogen (secondary N) is 3. The summed E-state index contributed by atoms with van der Waals surface area (Å²) in [5, 5.41) is 9.88. The molecule has 1 aromatic heterocycles. The molecule has 114 valence electrons. The molecular formula is C15H16ClN5O. The van der Waals surface area contributed by atoms with Crippen LogP contribution in [0.2, 0.25) is 5.02 Å². The van der Waals surface area contributed by atoms with E-state index in [-0.39, 0.29) is 12.0 Å². The molecule has 2 atom stereocenters. The Morgan fingerprint density at radius 3 is 2.64 bits per heavy atom. The maximum absolute atomic E-state index is 9.22. The number of aromatic nitrogens is 1. The van der Waals surface area contributed by atoms with Crippen molar-refractivity contribution in [3.05, 3.63) is 40.7 Å². The minimum atomic E-state index is -0.416. The third kappa shape index (κ3) is 2.72. The predicted molar refractivity (Wildman–Crippen MR) is 82.6 cm³/mol. The van der Waals surface area contributed by atoms with Crippen molar-refractivity contribution in [1.82, 2.24) is 21.4 Å². The fourth-order valence-electron chi connectivity index (χ4n) is 2.39. The molecule has 1 fully saturated rings. The summed E-state index contributed by atoms with van der Waals surface area (Å²) in [7, 11) is 0. The van der Waals surface area contributed by atoms with Gasteiger partial charge < -0.3 is 4.42 Å². The zero-order chi connectivity index (χ0) is 15.7. The summed E-state index contributed by atoms with van der Waals surface area (Å²) in [4.78, 5) is 4.61. The van der Waals surface area contributed by atoms with Gasteiger partial charge in [0.15, 0.2) is 0 Å². The van der Waals surface area contributed by atoms with Crippen LogP contribution in [0.25, 0.3) is 11.5 Å². The lowest BCUT2D eigenvalue weighted by Gasteiger charge is -2.11. The van der Waals surface area contributed by atoms with Crippen molar-refractivity contribution in [2.45, 2.75) is 31.8 Å². The SMILES string of the molecule is CC(C)c1oc(-c2ccc(Cl)cc2)nc1C1NNNC1C#N. The van der Waals surface area contributed by atoms with Gasteiger partial charge in [0.1, 0.15) is 17.5 Å². The van der Waals surface area contributed by atoms with E-state index < -0.39 is 6.04 Å². The third-order valence-electron chi connectivity index (χ3n) is 3.52. The lowest BCUT2D eigenvalue weighted by atomic mass is 10.0. The minimum absolute atomic E-state index is 0.158. The second kappa shape index (κ2) is 6.07. The Morgan fingerprint density at radius 2 is 2.00 bits per heavy atom. The highest BCUT2D eigenvalue weighted by Gasteiger charge is 2.34. The Balaban J connectivity index is 2.03. The Morgan fingerprint density at radius 1 is 1.27 bits per heavy atom. The summed E-state index contributed by atoms with van der Waals surface area (Å²) in [5.74, 6) is 1.46. The molecule has 0 bridgehead atoms. The molecule has 2 heterocycles. The van der Waals surface area contributed by atoms with Crippen LogP contribution in [0.5, 0.6) is 0 Å². The van der Waals surface area contributed by atoms with Gasteiger partial charge >= 0.3 is 0 Å². The molecule has 0 saturated carbocycles. The van der Waals surface area contributed by atoms with Crippen molar-refractivity contribution in [2.24, 2.45) is 0 Å². The van der Waals surface area contributed by atoms with Crippen LogP contribution >= 0.6 is 11.6 Å². The van der Waals surface area contributed by atoms with E-state index in [1.165, 1.54) is 0 Å². The van der Waals surface area contributed by atoms with Crippen molar-refractivity contribution in [1.29, 1.82) is 5.26 Å². The van der Waals surface area contributed by atoms with Crippen LogP contribution in [-0.2, 0) is 0 Å². The van der Waals surface area contributed by atoms with E-state index in [2.05, 4.69) is 27.4 Å². The van der Waals surface area contributed by atoms with Crippen molar-refractivity contribution < 1.29 is 4.42 Å². The smallest absolute Gasteiger partial charge is 0.226 e. The average Bonchev–Trinajstić information content (AvgIpc) is 3.14. The van der Waals surface area contributed by atoms with Gasteiger partial charge in [0.05, 0.1) is 12.1 Å². The second-order valence-electron chi connectivity index (χ2n) is 5.43. The zero-order valence-electron chi connectivity index (χ0n) is 12.2. The van der Waals surface area contributed by atoms with E-state index in [0.717, 1.165) is 17.0 Å². The highest BCUT2D eigenvalue weighted by molar-refractivity contribution is 6.30. The summed E-state index contributed by atoms with van der Waals surface area (Å²) in [5.41, 5.74) is 10.2. The molecule has 1 aliphatic heterocycles. The highest BCUT2D eigenvalue weighted by atomic mass is 35.5. The van der Waals surface area contributed by atoms with E-state index >= 15 is 0 Å². The lowest BCUT2D eigenvalue weighted by Crippen LogP contribution is -2.32. The maximum Gasteiger partial charge on any atom is 0.226 e. The van der Waals surface area contributed by atoms with Crippen molar-refractivity contribution in [2.75, 3.05) is 0 Å². The van der Waals surface area contributed by atoms with Crippen LogP contribution in [0.3, 0.4) is 0 Å². The van der Waals surface area contributed by atoms with Crippen LogP contribution in [0.1, 0.15) is 37.3 Å². The molecule has 2 unspecified atom stereocenters. The van der Waals surface area contributed by atoms with Crippen molar-refractivity contribution in [3.63, 3.8) is 0 Å². The standard InChI is InChI=1S/C15H16ClN5O/c1-8(2)14-13(12-11(7-17)19-21-20-12)18-15(22-14)9-3-5-10(16)6-4-9/h3-6,8,11-12,19-21H,1-2H3. The van der Waals surface area contributed by atoms with E-state index in [0.29, 0.717) is 10.9 Å².